The zero-order valence-corrected chi connectivity index (χ0v) is 15.7. The number of nitrogens with one attached hydrogen (secondary N) is 2. The van der Waals surface area contributed by atoms with Gasteiger partial charge in [-0.15, -0.1) is 0 Å². The highest BCUT2D eigenvalue weighted by atomic mass is 16.5. The molecular formula is C17H24N2O7. The lowest BCUT2D eigenvalue weighted by Gasteiger charge is -2.18. The van der Waals surface area contributed by atoms with Crippen LogP contribution in [0.5, 0.6) is 17.2 Å². The van der Waals surface area contributed by atoms with Crippen molar-refractivity contribution in [1.82, 2.24) is 10.6 Å². The summed E-state index contributed by atoms with van der Waals surface area (Å²) in [5, 5.41) is 5.00. The lowest BCUT2D eigenvalue weighted by atomic mass is 10.1. The standard InChI is InChI=1S/C17H24N2O7/c1-9(15(20)19-10(2)17(22)26-6)18-16(21)11-7-12(23-3)14(25-5)13(8-11)24-4/h7-10H,1-6H3,(H,18,21)(H,19,20)/t9-,10-/m0/s1. The van der Waals surface area contributed by atoms with Gasteiger partial charge in [-0.1, -0.05) is 0 Å². The molecule has 0 saturated carbocycles. The first-order chi connectivity index (χ1) is 12.3. The quantitative estimate of drug-likeness (QED) is 0.643. The number of benzene rings is 1. The van der Waals surface area contributed by atoms with Gasteiger partial charge < -0.3 is 29.6 Å². The first-order valence-electron chi connectivity index (χ1n) is 7.78. The lowest BCUT2D eigenvalue weighted by molar-refractivity contribution is -0.144. The average Bonchev–Trinajstić information content (AvgIpc) is 2.65. The monoisotopic (exact) mass is 368 g/mol. The second kappa shape index (κ2) is 9.50. The van der Waals surface area contributed by atoms with Gasteiger partial charge in [0.15, 0.2) is 11.5 Å². The van der Waals surface area contributed by atoms with Crippen LogP contribution in [-0.2, 0) is 14.3 Å². The van der Waals surface area contributed by atoms with Crippen LogP contribution in [0.2, 0.25) is 0 Å². The Morgan fingerprint density at radius 3 is 1.81 bits per heavy atom. The van der Waals surface area contributed by atoms with Crippen LogP contribution in [0.1, 0.15) is 24.2 Å². The number of carbonyl (C=O) groups is 3. The van der Waals surface area contributed by atoms with Gasteiger partial charge in [0.25, 0.3) is 5.91 Å². The van der Waals surface area contributed by atoms with E-state index in [1.807, 2.05) is 0 Å². The van der Waals surface area contributed by atoms with E-state index >= 15 is 0 Å². The van der Waals surface area contributed by atoms with Crippen LogP contribution in [-0.4, -0.2) is 58.3 Å². The molecular weight excluding hydrogens is 344 g/mol. The van der Waals surface area contributed by atoms with Gasteiger partial charge in [0.2, 0.25) is 11.7 Å². The van der Waals surface area contributed by atoms with Crippen LogP contribution in [0.25, 0.3) is 0 Å². The van der Waals surface area contributed by atoms with Gasteiger partial charge >= 0.3 is 5.97 Å². The summed E-state index contributed by atoms with van der Waals surface area (Å²) in [5.74, 6) is -0.645. The molecule has 0 saturated heterocycles. The Bertz CT molecular complexity index is 650. The Hall–Kier alpha value is -2.97. The molecule has 2 amide bonds. The Kier molecular flexibility index (Phi) is 7.70. The summed E-state index contributed by atoms with van der Waals surface area (Å²) in [4.78, 5) is 35.9. The van der Waals surface area contributed by atoms with Gasteiger partial charge in [0.1, 0.15) is 12.1 Å². The van der Waals surface area contributed by atoms with Gasteiger partial charge in [-0.3, -0.25) is 9.59 Å². The number of carbonyl (C=O) groups excluding carboxylic acids is 3. The highest BCUT2D eigenvalue weighted by molar-refractivity contribution is 5.99. The van der Waals surface area contributed by atoms with E-state index in [9.17, 15) is 14.4 Å². The fraction of sp³-hybridized carbons (Fsp3) is 0.471. The minimum Gasteiger partial charge on any atom is -0.493 e. The molecule has 2 atom stereocenters. The fourth-order valence-corrected chi connectivity index (χ4v) is 2.13. The van der Waals surface area contributed by atoms with E-state index in [0.717, 1.165) is 0 Å². The van der Waals surface area contributed by atoms with E-state index in [4.69, 9.17) is 14.2 Å². The zero-order chi connectivity index (χ0) is 19.9. The van der Waals surface area contributed by atoms with E-state index < -0.39 is 29.9 Å². The molecule has 1 aromatic carbocycles. The topological polar surface area (TPSA) is 112 Å². The van der Waals surface area contributed by atoms with Gasteiger partial charge in [-0.2, -0.15) is 0 Å². The number of hydrogen-bond donors (Lipinski definition) is 2. The zero-order valence-electron chi connectivity index (χ0n) is 15.7. The average molecular weight is 368 g/mol. The van der Waals surface area contributed by atoms with Crippen molar-refractivity contribution < 1.29 is 33.3 Å². The Morgan fingerprint density at radius 2 is 1.38 bits per heavy atom. The van der Waals surface area contributed by atoms with E-state index in [-0.39, 0.29) is 5.56 Å². The van der Waals surface area contributed by atoms with Crippen molar-refractivity contribution in [1.29, 1.82) is 0 Å². The summed E-state index contributed by atoms with van der Waals surface area (Å²) in [6, 6.07) is 1.23. The molecule has 26 heavy (non-hydrogen) atoms. The number of amides is 2. The molecule has 9 nitrogen and oxygen atoms in total. The van der Waals surface area contributed by atoms with E-state index in [1.54, 1.807) is 0 Å². The first kappa shape index (κ1) is 21.1. The lowest BCUT2D eigenvalue weighted by Crippen LogP contribution is -2.49. The largest absolute Gasteiger partial charge is 0.493 e. The molecule has 0 bridgehead atoms. The maximum Gasteiger partial charge on any atom is 0.328 e. The molecule has 1 rings (SSSR count). The maximum atomic E-state index is 12.4. The summed E-state index contributed by atoms with van der Waals surface area (Å²) in [6.45, 7) is 2.98. The van der Waals surface area contributed by atoms with Crippen LogP contribution < -0.4 is 24.8 Å². The van der Waals surface area contributed by atoms with Crippen molar-refractivity contribution in [3.63, 3.8) is 0 Å². The van der Waals surface area contributed by atoms with Crippen molar-refractivity contribution in [2.45, 2.75) is 25.9 Å². The highest BCUT2D eigenvalue weighted by Gasteiger charge is 2.23. The van der Waals surface area contributed by atoms with Crippen LogP contribution in [0.4, 0.5) is 0 Å². The molecule has 0 spiro atoms. The maximum absolute atomic E-state index is 12.4. The molecule has 0 aromatic heterocycles. The Labute approximate surface area is 151 Å². The second-order valence-electron chi connectivity index (χ2n) is 5.36. The number of esters is 1. The molecule has 0 fully saturated rings. The van der Waals surface area contributed by atoms with Crippen LogP contribution in [0.15, 0.2) is 12.1 Å². The number of rotatable bonds is 8. The summed E-state index contributed by atoms with van der Waals surface area (Å²) in [5.41, 5.74) is 0.222. The van der Waals surface area contributed by atoms with Crippen molar-refractivity contribution >= 4 is 17.8 Å². The molecule has 2 N–H and O–H groups in total. The third kappa shape index (κ3) is 5.01. The SMILES string of the molecule is COC(=O)[C@H](C)NC(=O)[C@H](C)NC(=O)c1cc(OC)c(OC)c(OC)c1. The normalized spacial score (nSPS) is 12.4. The smallest absolute Gasteiger partial charge is 0.328 e. The minimum absolute atomic E-state index is 0.222. The fourth-order valence-electron chi connectivity index (χ4n) is 2.13. The van der Waals surface area contributed by atoms with Gasteiger partial charge in [-0.25, -0.2) is 4.79 Å². The van der Waals surface area contributed by atoms with Crippen molar-refractivity contribution in [2.24, 2.45) is 0 Å². The van der Waals surface area contributed by atoms with E-state index in [0.29, 0.717) is 17.2 Å². The van der Waals surface area contributed by atoms with E-state index in [2.05, 4.69) is 15.4 Å². The summed E-state index contributed by atoms with van der Waals surface area (Å²) in [7, 11) is 5.54. The minimum atomic E-state index is -0.881. The van der Waals surface area contributed by atoms with Crippen molar-refractivity contribution in [3.05, 3.63) is 17.7 Å². The Balaban J connectivity index is 2.90. The summed E-state index contributed by atoms with van der Waals surface area (Å²) < 4.78 is 20.1. The second-order valence-corrected chi connectivity index (χ2v) is 5.36. The highest BCUT2D eigenvalue weighted by Crippen LogP contribution is 2.38. The van der Waals surface area contributed by atoms with Crippen molar-refractivity contribution in [2.75, 3.05) is 28.4 Å². The molecule has 0 unspecified atom stereocenters. The summed E-state index contributed by atoms with van der Waals surface area (Å²) >= 11 is 0. The first-order valence-corrected chi connectivity index (χ1v) is 7.78. The van der Waals surface area contributed by atoms with Gasteiger partial charge in [0, 0.05) is 5.56 Å². The van der Waals surface area contributed by atoms with Crippen LogP contribution in [0, 0.1) is 0 Å². The molecule has 1 aromatic rings. The molecule has 0 aliphatic heterocycles. The molecule has 0 aliphatic carbocycles. The molecule has 144 valence electrons. The van der Waals surface area contributed by atoms with Gasteiger partial charge in [0.05, 0.1) is 28.4 Å². The number of ether oxygens (including phenoxy) is 4. The predicted molar refractivity (Wildman–Crippen MR) is 92.6 cm³/mol. The third-order valence-corrected chi connectivity index (χ3v) is 3.58. The van der Waals surface area contributed by atoms with Gasteiger partial charge in [-0.05, 0) is 26.0 Å². The van der Waals surface area contributed by atoms with Crippen LogP contribution in [0.3, 0.4) is 0 Å². The summed E-state index contributed by atoms with van der Waals surface area (Å²) in [6.07, 6.45) is 0. The Morgan fingerprint density at radius 1 is 0.846 bits per heavy atom. The number of hydrogen-bond acceptors (Lipinski definition) is 7. The molecule has 0 radical (unpaired) electrons. The third-order valence-electron chi connectivity index (χ3n) is 3.58. The molecule has 0 heterocycles. The molecule has 9 heteroatoms. The van der Waals surface area contributed by atoms with Crippen molar-refractivity contribution in [3.8, 4) is 17.2 Å². The molecule has 0 aliphatic rings. The number of methoxy groups -OCH3 is 4. The predicted octanol–water partition coefficient (Wildman–Crippen LogP) is 0.508. The van der Waals surface area contributed by atoms with E-state index in [1.165, 1.54) is 54.4 Å². The van der Waals surface area contributed by atoms with Crippen LogP contribution >= 0.6 is 0 Å².